The summed E-state index contributed by atoms with van der Waals surface area (Å²) >= 11 is 0. The van der Waals surface area contributed by atoms with Crippen LogP contribution < -0.4 is 5.32 Å². The summed E-state index contributed by atoms with van der Waals surface area (Å²) in [6.07, 6.45) is 3.54. The Balaban J connectivity index is 1.60. The summed E-state index contributed by atoms with van der Waals surface area (Å²) in [6.45, 7) is 0.948. The van der Waals surface area contributed by atoms with Gasteiger partial charge in [-0.3, -0.25) is 0 Å². The number of H-pyrrole nitrogens is 1. The molecule has 1 saturated heterocycles. The lowest BCUT2D eigenvalue weighted by Crippen LogP contribution is -2.33. The Morgan fingerprint density at radius 3 is 3.08 bits per heavy atom. The van der Waals surface area contributed by atoms with E-state index in [1.807, 2.05) is 36.5 Å². The van der Waals surface area contributed by atoms with E-state index in [0.29, 0.717) is 25.2 Å². The number of aromatic amines is 1. The summed E-state index contributed by atoms with van der Waals surface area (Å²) in [5.41, 5.74) is 3.19. The van der Waals surface area contributed by atoms with Crippen LogP contribution in [-0.4, -0.2) is 50.2 Å². The first-order valence-corrected chi connectivity index (χ1v) is 7.83. The second-order valence-corrected chi connectivity index (χ2v) is 5.86. The molecule has 1 aromatic carbocycles. The Labute approximate surface area is 138 Å². The number of urea groups is 1. The fourth-order valence-electron chi connectivity index (χ4n) is 2.98. The van der Waals surface area contributed by atoms with E-state index in [2.05, 4.69) is 20.3 Å². The van der Waals surface area contributed by atoms with E-state index >= 15 is 0 Å². The standard InChI is InChI=1S/C17H17N5O2/c23-13-5-7-22(9-13)17(24)21-12-3-1-2-11(8-12)15-14-4-6-18-16(14)20-10-19-15/h1-4,6,8,10,13,23H,5,7,9H2,(H,21,24)(H,18,19,20). The minimum atomic E-state index is -0.426. The number of β-amino-alcohol motifs (C(OH)–C–C–N with tert-alkyl or cyclic N) is 1. The van der Waals surface area contributed by atoms with Crippen molar-refractivity contribution < 1.29 is 9.90 Å². The van der Waals surface area contributed by atoms with Crippen molar-refractivity contribution in [3.63, 3.8) is 0 Å². The van der Waals surface area contributed by atoms with Gasteiger partial charge < -0.3 is 20.3 Å². The summed E-state index contributed by atoms with van der Waals surface area (Å²) in [5.74, 6) is 0. The van der Waals surface area contributed by atoms with Crippen molar-refractivity contribution in [2.24, 2.45) is 0 Å². The predicted molar refractivity (Wildman–Crippen MR) is 90.5 cm³/mol. The molecule has 122 valence electrons. The quantitative estimate of drug-likeness (QED) is 0.674. The SMILES string of the molecule is O=C(Nc1cccc(-c2ncnc3[nH]ccc23)c1)N1CCC(O)C1. The fraction of sp³-hybridized carbons (Fsp3) is 0.235. The van der Waals surface area contributed by atoms with Crippen LogP contribution in [0.4, 0.5) is 10.5 Å². The highest BCUT2D eigenvalue weighted by Gasteiger charge is 2.24. The minimum Gasteiger partial charge on any atom is -0.391 e. The number of aliphatic hydroxyl groups excluding tert-OH is 1. The zero-order valence-corrected chi connectivity index (χ0v) is 12.9. The molecule has 1 fully saturated rings. The summed E-state index contributed by atoms with van der Waals surface area (Å²) in [6, 6.07) is 9.29. The van der Waals surface area contributed by atoms with Gasteiger partial charge in [0.25, 0.3) is 0 Å². The number of nitrogens with zero attached hydrogens (tertiary/aromatic N) is 3. The van der Waals surface area contributed by atoms with Gasteiger partial charge in [-0.1, -0.05) is 12.1 Å². The highest BCUT2D eigenvalue weighted by molar-refractivity contribution is 5.93. The van der Waals surface area contributed by atoms with E-state index in [0.717, 1.165) is 22.3 Å². The average Bonchev–Trinajstić information content (AvgIpc) is 3.23. The zero-order chi connectivity index (χ0) is 16.5. The topological polar surface area (TPSA) is 94.1 Å². The number of hydrogen-bond acceptors (Lipinski definition) is 4. The van der Waals surface area contributed by atoms with Gasteiger partial charge in [0.15, 0.2) is 0 Å². The first-order valence-electron chi connectivity index (χ1n) is 7.83. The summed E-state index contributed by atoms with van der Waals surface area (Å²) in [5, 5.41) is 13.4. The van der Waals surface area contributed by atoms with Crippen LogP contribution in [0.15, 0.2) is 42.9 Å². The highest BCUT2D eigenvalue weighted by atomic mass is 16.3. The Morgan fingerprint density at radius 1 is 1.33 bits per heavy atom. The molecular weight excluding hydrogens is 306 g/mol. The maximum absolute atomic E-state index is 12.3. The maximum atomic E-state index is 12.3. The van der Waals surface area contributed by atoms with Gasteiger partial charge in [-0.2, -0.15) is 0 Å². The molecule has 1 unspecified atom stereocenters. The number of fused-ring (bicyclic) bond motifs is 1. The molecule has 2 amide bonds. The molecular formula is C17H17N5O2. The van der Waals surface area contributed by atoms with Crippen LogP contribution in [0.2, 0.25) is 0 Å². The van der Waals surface area contributed by atoms with Gasteiger partial charge in [-0.15, -0.1) is 0 Å². The van der Waals surface area contributed by atoms with Gasteiger partial charge in [-0.05, 0) is 24.6 Å². The molecule has 0 radical (unpaired) electrons. The number of likely N-dealkylation sites (tertiary alicyclic amines) is 1. The Kier molecular flexibility index (Phi) is 3.62. The van der Waals surface area contributed by atoms with E-state index in [-0.39, 0.29) is 6.03 Å². The number of carbonyl (C=O) groups excluding carboxylic acids is 1. The van der Waals surface area contributed by atoms with Gasteiger partial charge in [0.2, 0.25) is 0 Å². The fourth-order valence-corrected chi connectivity index (χ4v) is 2.98. The lowest BCUT2D eigenvalue weighted by molar-refractivity contribution is 0.176. The lowest BCUT2D eigenvalue weighted by Gasteiger charge is -2.16. The van der Waals surface area contributed by atoms with Crippen molar-refractivity contribution in [1.29, 1.82) is 0 Å². The van der Waals surface area contributed by atoms with Gasteiger partial charge >= 0.3 is 6.03 Å². The van der Waals surface area contributed by atoms with Crippen molar-refractivity contribution in [2.75, 3.05) is 18.4 Å². The van der Waals surface area contributed by atoms with Crippen LogP contribution in [0.3, 0.4) is 0 Å². The Hall–Kier alpha value is -2.93. The first-order chi connectivity index (χ1) is 11.7. The van der Waals surface area contributed by atoms with Crippen LogP contribution in [0.1, 0.15) is 6.42 Å². The summed E-state index contributed by atoms with van der Waals surface area (Å²) in [7, 11) is 0. The van der Waals surface area contributed by atoms with Crippen LogP contribution in [0.25, 0.3) is 22.3 Å². The molecule has 7 nitrogen and oxygen atoms in total. The Morgan fingerprint density at radius 2 is 2.25 bits per heavy atom. The largest absolute Gasteiger partial charge is 0.391 e. The maximum Gasteiger partial charge on any atom is 0.321 e. The number of aliphatic hydroxyl groups is 1. The molecule has 3 N–H and O–H groups in total. The number of carbonyl (C=O) groups is 1. The van der Waals surface area contributed by atoms with Crippen molar-refractivity contribution in [3.8, 4) is 11.3 Å². The predicted octanol–water partition coefficient (Wildman–Crippen LogP) is 2.22. The van der Waals surface area contributed by atoms with Crippen molar-refractivity contribution in [1.82, 2.24) is 19.9 Å². The molecule has 3 heterocycles. The van der Waals surface area contributed by atoms with E-state index in [1.165, 1.54) is 6.33 Å². The third-order valence-electron chi connectivity index (χ3n) is 4.19. The monoisotopic (exact) mass is 323 g/mol. The number of hydrogen-bond donors (Lipinski definition) is 3. The van der Waals surface area contributed by atoms with Crippen LogP contribution in [-0.2, 0) is 0 Å². The number of amides is 2. The summed E-state index contributed by atoms with van der Waals surface area (Å²) < 4.78 is 0. The van der Waals surface area contributed by atoms with E-state index in [4.69, 9.17) is 0 Å². The number of rotatable bonds is 2. The molecule has 0 aliphatic carbocycles. The molecule has 4 rings (SSSR count). The van der Waals surface area contributed by atoms with Crippen molar-refractivity contribution in [3.05, 3.63) is 42.9 Å². The number of nitrogens with one attached hydrogen (secondary N) is 2. The van der Waals surface area contributed by atoms with E-state index in [1.54, 1.807) is 4.90 Å². The molecule has 7 heteroatoms. The molecule has 0 bridgehead atoms. The van der Waals surface area contributed by atoms with Gasteiger partial charge in [0.05, 0.1) is 11.8 Å². The second kappa shape index (κ2) is 5.93. The Bertz CT molecular complexity index is 891. The number of anilines is 1. The molecule has 2 aromatic heterocycles. The molecule has 24 heavy (non-hydrogen) atoms. The van der Waals surface area contributed by atoms with E-state index < -0.39 is 6.10 Å². The molecule has 1 aliphatic heterocycles. The third-order valence-corrected chi connectivity index (χ3v) is 4.19. The number of aromatic nitrogens is 3. The minimum absolute atomic E-state index is 0.196. The molecule has 1 atom stereocenters. The third kappa shape index (κ3) is 2.69. The molecule has 0 spiro atoms. The van der Waals surface area contributed by atoms with Crippen LogP contribution in [0.5, 0.6) is 0 Å². The van der Waals surface area contributed by atoms with Gasteiger partial charge in [0, 0.05) is 35.9 Å². The van der Waals surface area contributed by atoms with Crippen LogP contribution in [0, 0.1) is 0 Å². The molecule has 0 saturated carbocycles. The van der Waals surface area contributed by atoms with E-state index in [9.17, 15) is 9.90 Å². The lowest BCUT2D eigenvalue weighted by atomic mass is 10.1. The van der Waals surface area contributed by atoms with Crippen molar-refractivity contribution >= 4 is 22.8 Å². The normalized spacial score (nSPS) is 17.4. The summed E-state index contributed by atoms with van der Waals surface area (Å²) in [4.78, 5) is 25.5. The zero-order valence-electron chi connectivity index (χ0n) is 12.9. The van der Waals surface area contributed by atoms with Gasteiger partial charge in [-0.25, -0.2) is 14.8 Å². The first kappa shape index (κ1) is 14.6. The molecule has 3 aromatic rings. The number of benzene rings is 1. The smallest absolute Gasteiger partial charge is 0.321 e. The van der Waals surface area contributed by atoms with Crippen LogP contribution >= 0.6 is 0 Å². The second-order valence-electron chi connectivity index (χ2n) is 5.86. The average molecular weight is 323 g/mol. The van der Waals surface area contributed by atoms with Crippen molar-refractivity contribution in [2.45, 2.75) is 12.5 Å². The van der Waals surface area contributed by atoms with Gasteiger partial charge in [0.1, 0.15) is 12.0 Å². The highest BCUT2D eigenvalue weighted by Crippen LogP contribution is 2.27. The molecule has 1 aliphatic rings.